The average molecular weight is 475 g/mol. The highest BCUT2D eigenvalue weighted by Crippen LogP contribution is 2.34. The van der Waals surface area contributed by atoms with Crippen LogP contribution in [0.4, 0.5) is 8.78 Å². The van der Waals surface area contributed by atoms with Gasteiger partial charge in [0, 0.05) is 11.5 Å². The molecule has 1 aliphatic rings. The van der Waals surface area contributed by atoms with E-state index in [4.69, 9.17) is 14.2 Å². The lowest BCUT2D eigenvalue weighted by Crippen LogP contribution is -2.26. The second-order valence-corrected chi connectivity index (χ2v) is 9.29. The SMILES string of the molecule is CCCCCCCCc1ccc(C2COC(c3ccc(OCCCCC)c(F)c3F)OC2)cc1. The van der Waals surface area contributed by atoms with Gasteiger partial charge in [0.2, 0.25) is 5.82 Å². The third-order valence-electron chi connectivity index (χ3n) is 6.50. The summed E-state index contributed by atoms with van der Waals surface area (Å²) in [6.45, 7) is 5.50. The predicted octanol–water partition coefficient (Wildman–Crippen LogP) is 8.27. The van der Waals surface area contributed by atoms with Crippen LogP contribution in [0.3, 0.4) is 0 Å². The molecule has 1 saturated heterocycles. The van der Waals surface area contributed by atoms with Crippen LogP contribution in [0.5, 0.6) is 5.75 Å². The van der Waals surface area contributed by atoms with E-state index in [0.29, 0.717) is 19.8 Å². The van der Waals surface area contributed by atoms with Gasteiger partial charge < -0.3 is 14.2 Å². The zero-order valence-corrected chi connectivity index (χ0v) is 20.8. The smallest absolute Gasteiger partial charge is 0.201 e. The molecule has 2 aromatic rings. The molecule has 1 heterocycles. The van der Waals surface area contributed by atoms with Crippen molar-refractivity contribution < 1.29 is 23.0 Å². The Morgan fingerprint density at radius 2 is 1.41 bits per heavy atom. The highest BCUT2D eigenvalue weighted by Gasteiger charge is 2.28. The molecule has 34 heavy (non-hydrogen) atoms. The molecular weight excluding hydrogens is 434 g/mol. The molecule has 2 aromatic carbocycles. The van der Waals surface area contributed by atoms with Crippen LogP contribution in [0.2, 0.25) is 0 Å². The maximum atomic E-state index is 14.7. The lowest BCUT2D eigenvalue weighted by atomic mass is 9.97. The van der Waals surface area contributed by atoms with Crippen LogP contribution in [-0.4, -0.2) is 19.8 Å². The Morgan fingerprint density at radius 1 is 0.765 bits per heavy atom. The van der Waals surface area contributed by atoms with Gasteiger partial charge in [-0.1, -0.05) is 83.1 Å². The van der Waals surface area contributed by atoms with Crippen molar-refractivity contribution in [2.75, 3.05) is 19.8 Å². The first-order valence-electron chi connectivity index (χ1n) is 13.1. The molecule has 1 fully saturated rings. The Morgan fingerprint density at radius 3 is 2.12 bits per heavy atom. The standard InChI is InChI=1S/C29H40F2O3/c1-3-5-7-8-9-10-12-22-13-15-23(16-14-22)24-20-33-29(34-21-24)25-17-18-26(28(31)27(25)30)32-19-11-6-4-2/h13-18,24,29H,3-12,19-21H2,1-2H3. The predicted molar refractivity (Wildman–Crippen MR) is 132 cm³/mol. The molecule has 3 nitrogen and oxygen atoms in total. The number of rotatable bonds is 14. The van der Waals surface area contributed by atoms with E-state index in [1.807, 2.05) is 0 Å². The Hall–Kier alpha value is -1.98. The zero-order chi connectivity index (χ0) is 24.2. The second kappa shape index (κ2) is 14.4. The molecule has 3 rings (SSSR count). The molecule has 0 spiro atoms. The van der Waals surface area contributed by atoms with Gasteiger partial charge in [-0.3, -0.25) is 0 Å². The molecule has 188 valence electrons. The highest BCUT2D eigenvalue weighted by molar-refractivity contribution is 5.32. The summed E-state index contributed by atoms with van der Waals surface area (Å²) in [6.07, 6.45) is 10.8. The molecular formula is C29H40F2O3. The van der Waals surface area contributed by atoms with Gasteiger partial charge >= 0.3 is 0 Å². The number of hydrogen-bond donors (Lipinski definition) is 0. The van der Waals surface area contributed by atoms with Crippen molar-refractivity contribution in [2.45, 2.75) is 90.3 Å². The minimum Gasteiger partial charge on any atom is -0.490 e. The van der Waals surface area contributed by atoms with E-state index < -0.39 is 17.9 Å². The van der Waals surface area contributed by atoms with E-state index in [0.717, 1.165) is 31.2 Å². The Bertz CT molecular complexity index is 845. The fourth-order valence-corrected chi connectivity index (χ4v) is 4.32. The Balaban J connectivity index is 1.47. The van der Waals surface area contributed by atoms with Gasteiger partial charge in [0.1, 0.15) is 0 Å². The van der Waals surface area contributed by atoms with Gasteiger partial charge in [-0.25, -0.2) is 4.39 Å². The molecule has 0 amide bonds. The molecule has 0 unspecified atom stereocenters. The van der Waals surface area contributed by atoms with Crippen molar-refractivity contribution in [2.24, 2.45) is 0 Å². The maximum absolute atomic E-state index is 14.7. The normalized spacial score (nSPS) is 18.2. The quantitative estimate of drug-likeness (QED) is 0.258. The first-order chi connectivity index (χ1) is 16.6. The van der Waals surface area contributed by atoms with Crippen LogP contribution < -0.4 is 4.74 Å². The van der Waals surface area contributed by atoms with Crippen molar-refractivity contribution >= 4 is 0 Å². The zero-order valence-electron chi connectivity index (χ0n) is 20.8. The summed E-state index contributed by atoms with van der Waals surface area (Å²) in [4.78, 5) is 0. The van der Waals surface area contributed by atoms with Crippen LogP contribution >= 0.6 is 0 Å². The average Bonchev–Trinajstić information content (AvgIpc) is 2.87. The topological polar surface area (TPSA) is 27.7 Å². The molecule has 0 radical (unpaired) electrons. The molecule has 0 saturated carbocycles. The maximum Gasteiger partial charge on any atom is 0.201 e. The van der Waals surface area contributed by atoms with Gasteiger partial charge in [0.15, 0.2) is 17.9 Å². The summed E-state index contributed by atoms with van der Waals surface area (Å²) in [6, 6.07) is 11.6. The summed E-state index contributed by atoms with van der Waals surface area (Å²) in [7, 11) is 0. The number of halogens is 2. The third-order valence-corrected chi connectivity index (χ3v) is 6.50. The number of aryl methyl sites for hydroxylation is 1. The lowest BCUT2D eigenvalue weighted by molar-refractivity contribution is -0.193. The van der Waals surface area contributed by atoms with Gasteiger partial charge in [-0.2, -0.15) is 4.39 Å². The van der Waals surface area contributed by atoms with Crippen LogP contribution in [-0.2, 0) is 15.9 Å². The summed E-state index contributed by atoms with van der Waals surface area (Å²) in [5, 5.41) is 0. The molecule has 0 N–H and O–H groups in total. The minimum atomic E-state index is -0.982. The number of ether oxygens (including phenoxy) is 3. The highest BCUT2D eigenvalue weighted by atomic mass is 19.2. The van der Waals surface area contributed by atoms with Crippen molar-refractivity contribution in [3.63, 3.8) is 0 Å². The summed E-state index contributed by atoms with van der Waals surface area (Å²) < 4.78 is 46.1. The van der Waals surface area contributed by atoms with Crippen LogP contribution in [0.25, 0.3) is 0 Å². The van der Waals surface area contributed by atoms with Gasteiger partial charge in [0.05, 0.1) is 19.8 Å². The van der Waals surface area contributed by atoms with E-state index in [1.54, 1.807) is 0 Å². The van der Waals surface area contributed by atoms with Crippen molar-refractivity contribution in [3.8, 4) is 5.75 Å². The summed E-state index contributed by atoms with van der Waals surface area (Å²) in [5.74, 6) is -1.93. The fourth-order valence-electron chi connectivity index (χ4n) is 4.32. The van der Waals surface area contributed by atoms with Crippen molar-refractivity contribution in [1.29, 1.82) is 0 Å². The molecule has 0 aromatic heterocycles. The van der Waals surface area contributed by atoms with Crippen LogP contribution in [0.1, 0.15) is 101 Å². The number of unbranched alkanes of at least 4 members (excludes halogenated alkanes) is 7. The van der Waals surface area contributed by atoms with Gasteiger partial charge in [0.25, 0.3) is 0 Å². The molecule has 0 atom stereocenters. The Labute approximate surface area is 203 Å². The first kappa shape index (κ1) is 26.6. The molecule has 5 heteroatoms. The van der Waals surface area contributed by atoms with Gasteiger partial charge in [-0.15, -0.1) is 0 Å². The third kappa shape index (κ3) is 7.78. The largest absolute Gasteiger partial charge is 0.490 e. The van der Waals surface area contributed by atoms with Crippen LogP contribution in [0.15, 0.2) is 36.4 Å². The number of hydrogen-bond acceptors (Lipinski definition) is 3. The second-order valence-electron chi connectivity index (χ2n) is 9.29. The van der Waals surface area contributed by atoms with E-state index in [-0.39, 0.29) is 17.2 Å². The lowest BCUT2D eigenvalue weighted by Gasteiger charge is -2.30. The van der Waals surface area contributed by atoms with Gasteiger partial charge in [-0.05, 0) is 42.5 Å². The van der Waals surface area contributed by atoms with Crippen molar-refractivity contribution in [3.05, 3.63) is 64.7 Å². The van der Waals surface area contributed by atoms with E-state index in [2.05, 4.69) is 38.1 Å². The minimum absolute atomic E-state index is 0.0629. The fraction of sp³-hybridized carbons (Fsp3) is 0.586. The number of benzene rings is 2. The Kier molecular flexibility index (Phi) is 11.3. The van der Waals surface area contributed by atoms with E-state index in [9.17, 15) is 8.78 Å². The monoisotopic (exact) mass is 474 g/mol. The van der Waals surface area contributed by atoms with Crippen LogP contribution in [0, 0.1) is 11.6 Å². The van der Waals surface area contributed by atoms with E-state index in [1.165, 1.54) is 56.2 Å². The summed E-state index contributed by atoms with van der Waals surface area (Å²) in [5.41, 5.74) is 2.57. The molecule has 1 aliphatic heterocycles. The van der Waals surface area contributed by atoms with E-state index >= 15 is 0 Å². The molecule has 0 aliphatic carbocycles. The molecule has 0 bridgehead atoms. The summed E-state index contributed by atoms with van der Waals surface area (Å²) >= 11 is 0. The van der Waals surface area contributed by atoms with Crippen molar-refractivity contribution in [1.82, 2.24) is 0 Å². The first-order valence-corrected chi connectivity index (χ1v) is 13.1.